The lowest BCUT2D eigenvalue weighted by atomic mass is 9.66. The minimum atomic E-state index is -0.388. The SMILES string of the molecule is CCCCc1cn(C2C(C)CC2C(C)C)c(=O)n1CC1(c2cccc(-c3nn[nH]n3)c2)C=CN=CC1. The Kier molecular flexibility index (Phi) is 6.77. The number of H-pyrrole nitrogens is 1. The molecule has 0 bridgehead atoms. The normalized spacial score (nSPS) is 25.4. The van der Waals surface area contributed by atoms with Crippen molar-refractivity contribution in [3.05, 3.63) is 64.5 Å². The topological polar surface area (TPSA) is 93.8 Å². The van der Waals surface area contributed by atoms with Crippen molar-refractivity contribution in [3.63, 3.8) is 0 Å². The number of nitrogens with one attached hydrogen (secondary N) is 1. The first-order chi connectivity index (χ1) is 17.4. The highest BCUT2D eigenvalue weighted by molar-refractivity contribution is 5.65. The van der Waals surface area contributed by atoms with Crippen LogP contribution in [0.25, 0.3) is 11.4 Å². The van der Waals surface area contributed by atoms with E-state index in [1.807, 2.05) is 29.1 Å². The minimum Gasteiger partial charge on any atom is -0.295 e. The molecular formula is C28H37N7O. The summed E-state index contributed by atoms with van der Waals surface area (Å²) >= 11 is 0. The zero-order chi connectivity index (χ0) is 25.3. The van der Waals surface area contributed by atoms with Gasteiger partial charge in [-0.05, 0) is 60.3 Å². The van der Waals surface area contributed by atoms with Gasteiger partial charge in [0.25, 0.3) is 0 Å². The number of hydrogen-bond donors (Lipinski definition) is 1. The maximum atomic E-state index is 14.0. The van der Waals surface area contributed by atoms with Crippen molar-refractivity contribution in [2.75, 3.05) is 0 Å². The fourth-order valence-electron chi connectivity index (χ4n) is 6.06. The number of allylic oxidation sites excluding steroid dienone is 1. The standard InChI is InChI=1S/C28H37N7O/c1-5-6-10-23-17-34(25-20(4)15-24(25)19(2)3)27(36)35(23)18-28(11-13-29-14-12-28)22-9-7-8-21(16-22)26-30-32-33-31-26/h7-9,11,13-14,16-17,19-20,24-25H,5-6,10,12,15,18H2,1-4H3,(H,30,31,32,33). The summed E-state index contributed by atoms with van der Waals surface area (Å²) in [4.78, 5) is 18.4. The smallest absolute Gasteiger partial charge is 0.295 e. The van der Waals surface area contributed by atoms with Gasteiger partial charge in [-0.3, -0.25) is 14.1 Å². The molecule has 1 saturated carbocycles. The van der Waals surface area contributed by atoms with E-state index in [0.29, 0.717) is 30.1 Å². The van der Waals surface area contributed by atoms with Crippen LogP contribution >= 0.6 is 0 Å². The summed E-state index contributed by atoms with van der Waals surface area (Å²) in [6.45, 7) is 9.62. The van der Waals surface area contributed by atoms with E-state index in [0.717, 1.165) is 42.5 Å². The van der Waals surface area contributed by atoms with Gasteiger partial charge in [0, 0.05) is 47.9 Å². The van der Waals surface area contributed by atoms with Crippen molar-refractivity contribution >= 4 is 6.21 Å². The molecule has 3 aromatic rings. The van der Waals surface area contributed by atoms with Crippen molar-refractivity contribution < 1.29 is 0 Å². The summed E-state index contributed by atoms with van der Waals surface area (Å²) in [7, 11) is 0. The van der Waals surface area contributed by atoms with Crippen LogP contribution in [0.15, 0.2) is 52.5 Å². The van der Waals surface area contributed by atoms with Gasteiger partial charge in [-0.15, -0.1) is 10.2 Å². The molecule has 0 saturated heterocycles. The molecule has 0 amide bonds. The molecule has 4 atom stereocenters. The molecule has 36 heavy (non-hydrogen) atoms. The Bertz CT molecular complexity index is 1300. The number of hydrogen-bond acceptors (Lipinski definition) is 5. The van der Waals surface area contributed by atoms with E-state index in [9.17, 15) is 4.79 Å². The number of imidazole rings is 1. The lowest BCUT2D eigenvalue weighted by molar-refractivity contribution is 0.0536. The van der Waals surface area contributed by atoms with Gasteiger partial charge < -0.3 is 0 Å². The molecular weight excluding hydrogens is 450 g/mol. The second kappa shape index (κ2) is 9.99. The molecule has 3 heterocycles. The van der Waals surface area contributed by atoms with Gasteiger partial charge in [-0.2, -0.15) is 5.21 Å². The first-order valence-electron chi connectivity index (χ1n) is 13.3. The van der Waals surface area contributed by atoms with Crippen molar-refractivity contribution in [1.29, 1.82) is 0 Å². The van der Waals surface area contributed by atoms with Gasteiger partial charge >= 0.3 is 5.69 Å². The number of aromatic amines is 1. The summed E-state index contributed by atoms with van der Waals surface area (Å²) in [6.07, 6.45) is 13.1. The van der Waals surface area contributed by atoms with E-state index in [2.05, 4.69) is 82.3 Å². The van der Waals surface area contributed by atoms with Gasteiger partial charge in [0.1, 0.15) is 0 Å². The number of benzene rings is 1. The summed E-state index contributed by atoms with van der Waals surface area (Å²) in [6, 6.07) is 8.54. The van der Waals surface area contributed by atoms with Crippen molar-refractivity contribution in [3.8, 4) is 11.4 Å². The van der Waals surface area contributed by atoms with Crippen LogP contribution in [0.3, 0.4) is 0 Å². The van der Waals surface area contributed by atoms with Crippen LogP contribution in [0.4, 0.5) is 0 Å². The maximum absolute atomic E-state index is 14.0. The largest absolute Gasteiger partial charge is 0.328 e. The quantitative estimate of drug-likeness (QED) is 0.462. The predicted molar refractivity (Wildman–Crippen MR) is 142 cm³/mol. The summed E-state index contributed by atoms with van der Waals surface area (Å²) < 4.78 is 4.11. The molecule has 4 unspecified atom stereocenters. The van der Waals surface area contributed by atoms with E-state index in [-0.39, 0.29) is 17.1 Å². The van der Waals surface area contributed by atoms with Gasteiger partial charge in [-0.25, -0.2) is 4.79 Å². The highest BCUT2D eigenvalue weighted by Crippen LogP contribution is 2.47. The number of rotatable bonds is 9. The molecule has 1 fully saturated rings. The lowest BCUT2D eigenvalue weighted by Crippen LogP contribution is -2.45. The Balaban J connectivity index is 1.57. The van der Waals surface area contributed by atoms with Crippen molar-refractivity contribution in [1.82, 2.24) is 29.8 Å². The highest BCUT2D eigenvalue weighted by Gasteiger charge is 2.42. The van der Waals surface area contributed by atoms with E-state index in [1.54, 1.807) is 0 Å². The third-order valence-corrected chi connectivity index (χ3v) is 8.24. The van der Waals surface area contributed by atoms with Gasteiger partial charge in [-0.1, -0.05) is 58.4 Å². The molecule has 1 aliphatic carbocycles. The second-order valence-electron chi connectivity index (χ2n) is 10.9. The number of tetrazole rings is 1. The first kappa shape index (κ1) is 24.4. The Morgan fingerprint density at radius 1 is 1.28 bits per heavy atom. The zero-order valence-corrected chi connectivity index (χ0v) is 21.8. The van der Waals surface area contributed by atoms with Gasteiger partial charge in [0.05, 0.1) is 0 Å². The van der Waals surface area contributed by atoms with Crippen molar-refractivity contribution in [2.45, 2.75) is 77.8 Å². The summed E-state index contributed by atoms with van der Waals surface area (Å²) in [5, 5.41) is 14.6. The van der Waals surface area contributed by atoms with Crippen molar-refractivity contribution in [2.24, 2.45) is 22.7 Å². The van der Waals surface area contributed by atoms with Gasteiger partial charge in [0.2, 0.25) is 5.82 Å². The van der Waals surface area contributed by atoms with Crippen LogP contribution in [0.5, 0.6) is 0 Å². The van der Waals surface area contributed by atoms with Crippen LogP contribution < -0.4 is 5.69 Å². The van der Waals surface area contributed by atoms with E-state index < -0.39 is 0 Å². The third-order valence-electron chi connectivity index (χ3n) is 8.24. The van der Waals surface area contributed by atoms with E-state index in [1.165, 1.54) is 6.42 Å². The Morgan fingerprint density at radius 2 is 2.14 bits per heavy atom. The fraction of sp³-hybridized carbons (Fsp3) is 0.536. The minimum absolute atomic E-state index is 0.118. The molecule has 2 aliphatic rings. The number of nitrogens with zero attached hydrogens (tertiary/aromatic N) is 6. The molecule has 8 nitrogen and oxygen atoms in total. The van der Waals surface area contributed by atoms with Crippen LogP contribution in [-0.4, -0.2) is 36.0 Å². The molecule has 190 valence electrons. The third kappa shape index (κ3) is 4.38. The highest BCUT2D eigenvalue weighted by atomic mass is 16.1. The average Bonchev–Trinajstić information content (AvgIpc) is 3.52. The summed E-state index contributed by atoms with van der Waals surface area (Å²) in [5.41, 5.74) is 2.88. The Morgan fingerprint density at radius 3 is 2.81 bits per heavy atom. The lowest BCUT2D eigenvalue weighted by Gasteiger charge is -2.45. The monoisotopic (exact) mass is 487 g/mol. The molecule has 1 N–H and O–H groups in total. The first-order valence-corrected chi connectivity index (χ1v) is 13.3. The maximum Gasteiger partial charge on any atom is 0.328 e. The van der Waals surface area contributed by atoms with Crippen LogP contribution in [0, 0.1) is 17.8 Å². The molecule has 5 rings (SSSR count). The second-order valence-corrected chi connectivity index (χ2v) is 10.9. The van der Waals surface area contributed by atoms with Gasteiger partial charge in [0.15, 0.2) is 0 Å². The van der Waals surface area contributed by atoms with Crippen LogP contribution in [-0.2, 0) is 18.4 Å². The van der Waals surface area contributed by atoms with E-state index >= 15 is 0 Å². The molecule has 1 aromatic carbocycles. The van der Waals surface area contributed by atoms with Crippen LogP contribution in [0.1, 0.15) is 70.7 Å². The number of aromatic nitrogens is 6. The molecule has 1 aliphatic heterocycles. The Hall–Kier alpha value is -3.29. The number of aryl methyl sites for hydroxylation is 1. The fourth-order valence-corrected chi connectivity index (χ4v) is 6.06. The molecule has 2 aromatic heterocycles. The molecule has 8 heteroatoms. The Labute approximate surface area is 212 Å². The number of aliphatic imine (C=N–C) groups is 1. The predicted octanol–water partition coefficient (Wildman–Crippen LogP) is 4.95. The summed E-state index contributed by atoms with van der Waals surface area (Å²) in [5.74, 6) is 2.20. The van der Waals surface area contributed by atoms with E-state index in [4.69, 9.17) is 0 Å². The molecule has 0 spiro atoms. The number of unbranched alkanes of at least 4 members (excludes halogenated alkanes) is 1. The van der Waals surface area contributed by atoms with Crippen LogP contribution in [0.2, 0.25) is 0 Å². The molecule has 0 radical (unpaired) electrons. The average molecular weight is 488 g/mol. The zero-order valence-electron chi connectivity index (χ0n) is 21.8.